The van der Waals surface area contributed by atoms with Crippen LogP contribution in [0.4, 0.5) is 5.69 Å². The van der Waals surface area contributed by atoms with E-state index in [1.165, 1.54) is 11.0 Å². The zero-order chi connectivity index (χ0) is 13.0. The molecule has 0 spiro atoms. The van der Waals surface area contributed by atoms with Crippen LogP contribution < -0.4 is 5.73 Å². The molecular weight excluding hydrogens is 260 g/mol. The van der Waals surface area contributed by atoms with Crippen molar-refractivity contribution in [3.8, 4) is 0 Å². The molecule has 94 valence electrons. The molecule has 1 aromatic carbocycles. The van der Waals surface area contributed by atoms with Crippen LogP contribution >= 0.6 is 11.6 Å². The van der Waals surface area contributed by atoms with Crippen LogP contribution in [-0.4, -0.2) is 34.4 Å². The first-order chi connectivity index (χ1) is 7.95. The Morgan fingerprint density at radius 2 is 2.18 bits per heavy atom. The summed E-state index contributed by atoms with van der Waals surface area (Å²) in [6.45, 7) is 2.45. The molecule has 1 unspecified atom stereocenters. The van der Waals surface area contributed by atoms with Crippen molar-refractivity contribution in [2.45, 2.75) is 11.8 Å². The summed E-state index contributed by atoms with van der Waals surface area (Å²) in [5.74, 6) is -0.226. The van der Waals surface area contributed by atoms with Crippen LogP contribution in [0.25, 0.3) is 0 Å². The second-order valence-corrected chi connectivity index (χ2v) is 5.44. The zero-order valence-corrected chi connectivity index (χ0v) is 11.3. The Kier molecular flexibility index (Phi) is 4.96. The summed E-state index contributed by atoms with van der Waals surface area (Å²) in [6, 6.07) is 4.73. The number of carbonyl (C=O) groups is 1. The molecule has 0 fully saturated rings. The van der Waals surface area contributed by atoms with E-state index >= 15 is 0 Å². The minimum absolute atomic E-state index is 0.0594. The Morgan fingerprint density at radius 3 is 2.71 bits per heavy atom. The topological polar surface area (TPSA) is 63.4 Å². The van der Waals surface area contributed by atoms with Crippen LogP contribution in [-0.2, 0) is 15.6 Å². The third kappa shape index (κ3) is 3.71. The van der Waals surface area contributed by atoms with E-state index in [0.29, 0.717) is 22.2 Å². The molecule has 4 nitrogen and oxygen atoms in total. The average molecular weight is 275 g/mol. The predicted octanol–water partition coefficient (Wildman–Crippen LogP) is 1.51. The second-order valence-electron chi connectivity index (χ2n) is 3.58. The van der Waals surface area contributed by atoms with Crippen molar-refractivity contribution < 1.29 is 9.00 Å². The number of nitrogens with zero attached hydrogens (tertiary/aromatic N) is 1. The highest BCUT2D eigenvalue weighted by atomic mass is 35.5. The highest BCUT2D eigenvalue weighted by Gasteiger charge is 2.15. The lowest BCUT2D eigenvalue weighted by Gasteiger charge is -2.14. The summed E-state index contributed by atoms with van der Waals surface area (Å²) in [6.07, 6.45) is 0. The summed E-state index contributed by atoms with van der Waals surface area (Å²) in [5.41, 5.74) is 6.05. The van der Waals surface area contributed by atoms with Crippen LogP contribution in [0.15, 0.2) is 23.1 Å². The first-order valence-corrected chi connectivity index (χ1v) is 6.82. The average Bonchev–Trinajstić information content (AvgIpc) is 2.27. The number of halogens is 1. The first-order valence-electron chi connectivity index (χ1n) is 5.13. The number of hydrogen-bond acceptors (Lipinski definition) is 3. The van der Waals surface area contributed by atoms with Gasteiger partial charge >= 0.3 is 0 Å². The van der Waals surface area contributed by atoms with Gasteiger partial charge in [0.2, 0.25) is 5.91 Å². The quantitative estimate of drug-likeness (QED) is 0.847. The van der Waals surface area contributed by atoms with Crippen molar-refractivity contribution in [3.05, 3.63) is 23.2 Å². The molecule has 17 heavy (non-hydrogen) atoms. The summed E-state index contributed by atoms with van der Waals surface area (Å²) < 4.78 is 11.9. The second kappa shape index (κ2) is 6.02. The summed E-state index contributed by atoms with van der Waals surface area (Å²) in [7, 11) is 0.241. The van der Waals surface area contributed by atoms with Gasteiger partial charge in [-0.25, -0.2) is 0 Å². The van der Waals surface area contributed by atoms with Gasteiger partial charge < -0.3 is 10.6 Å². The Balaban J connectivity index is 2.80. The van der Waals surface area contributed by atoms with Gasteiger partial charge in [0.1, 0.15) is 5.75 Å². The van der Waals surface area contributed by atoms with Gasteiger partial charge in [0, 0.05) is 24.3 Å². The zero-order valence-electron chi connectivity index (χ0n) is 9.77. The third-order valence-corrected chi connectivity index (χ3v) is 3.98. The lowest BCUT2D eigenvalue weighted by molar-refractivity contribution is -0.126. The standard InChI is InChI=1S/C11H15ClN2O2S/c1-3-14(2)11(15)7-17(16)10-5-4-8(12)6-9(10)13/h4-6H,3,7,13H2,1-2H3. The summed E-state index contributed by atoms with van der Waals surface area (Å²) in [4.78, 5) is 13.6. The Hall–Kier alpha value is -1.07. The van der Waals surface area contributed by atoms with Gasteiger partial charge in [-0.05, 0) is 25.1 Å². The van der Waals surface area contributed by atoms with Crippen LogP contribution in [0.2, 0.25) is 5.02 Å². The number of rotatable bonds is 4. The lowest BCUT2D eigenvalue weighted by atomic mass is 10.3. The highest BCUT2D eigenvalue weighted by Crippen LogP contribution is 2.21. The van der Waals surface area contributed by atoms with E-state index in [1.54, 1.807) is 19.2 Å². The van der Waals surface area contributed by atoms with E-state index in [4.69, 9.17) is 17.3 Å². The number of amides is 1. The first kappa shape index (κ1) is 14.0. The maximum atomic E-state index is 11.9. The van der Waals surface area contributed by atoms with Crippen molar-refractivity contribution in [1.29, 1.82) is 0 Å². The minimum Gasteiger partial charge on any atom is -0.398 e. The highest BCUT2D eigenvalue weighted by molar-refractivity contribution is 7.86. The van der Waals surface area contributed by atoms with Crippen LogP contribution in [0.1, 0.15) is 6.92 Å². The fourth-order valence-corrected chi connectivity index (χ4v) is 2.53. The number of nitrogens with two attached hydrogens (primary N) is 1. The molecule has 0 aliphatic carbocycles. The Bertz CT molecular complexity index is 451. The van der Waals surface area contributed by atoms with Crippen molar-refractivity contribution >= 4 is 34.0 Å². The van der Waals surface area contributed by atoms with E-state index in [2.05, 4.69) is 0 Å². The molecule has 1 amide bonds. The predicted molar refractivity (Wildman–Crippen MR) is 70.5 cm³/mol. The number of hydrogen-bond donors (Lipinski definition) is 1. The van der Waals surface area contributed by atoms with E-state index in [-0.39, 0.29) is 11.7 Å². The van der Waals surface area contributed by atoms with Gasteiger partial charge in [0.25, 0.3) is 0 Å². The van der Waals surface area contributed by atoms with Crippen LogP contribution in [0.5, 0.6) is 0 Å². The van der Waals surface area contributed by atoms with Gasteiger partial charge in [-0.3, -0.25) is 9.00 Å². The number of nitrogen functional groups attached to an aromatic ring is 1. The molecule has 0 saturated heterocycles. The molecule has 2 N–H and O–H groups in total. The maximum absolute atomic E-state index is 11.9. The summed E-state index contributed by atoms with van der Waals surface area (Å²) >= 11 is 5.75. The van der Waals surface area contributed by atoms with E-state index in [0.717, 1.165) is 0 Å². The molecule has 0 aliphatic heterocycles. The third-order valence-electron chi connectivity index (χ3n) is 2.37. The van der Waals surface area contributed by atoms with E-state index < -0.39 is 10.8 Å². The van der Waals surface area contributed by atoms with Gasteiger partial charge in [-0.2, -0.15) is 0 Å². The van der Waals surface area contributed by atoms with Crippen LogP contribution in [0, 0.1) is 0 Å². The van der Waals surface area contributed by atoms with Crippen molar-refractivity contribution in [1.82, 2.24) is 4.90 Å². The SMILES string of the molecule is CCN(C)C(=O)CS(=O)c1ccc(Cl)cc1N. The van der Waals surface area contributed by atoms with Crippen molar-refractivity contribution in [3.63, 3.8) is 0 Å². The molecule has 1 atom stereocenters. The normalized spacial score (nSPS) is 12.2. The molecule has 0 aliphatic rings. The molecule has 0 aromatic heterocycles. The molecule has 1 rings (SSSR count). The van der Waals surface area contributed by atoms with E-state index in [1.807, 2.05) is 6.92 Å². The van der Waals surface area contributed by atoms with Crippen molar-refractivity contribution in [2.24, 2.45) is 0 Å². The Morgan fingerprint density at radius 1 is 1.53 bits per heavy atom. The van der Waals surface area contributed by atoms with Gasteiger partial charge in [0.05, 0.1) is 15.7 Å². The van der Waals surface area contributed by atoms with Crippen LogP contribution in [0.3, 0.4) is 0 Å². The molecule has 6 heteroatoms. The van der Waals surface area contributed by atoms with E-state index in [9.17, 15) is 9.00 Å². The molecule has 1 aromatic rings. The van der Waals surface area contributed by atoms with Gasteiger partial charge in [-0.15, -0.1) is 0 Å². The largest absolute Gasteiger partial charge is 0.398 e. The lowest BCUT2D eigenvalue weighted by Crippen LogP contribution is -2.30. The monoisotopic (exact) mass is 274 g/mol. The molecule has 0 radical (unpaired) electrons. The fourth-order valence-electron chi connectivity index (χ4n) is 1.20. The molecule has 0 bridgehead atoms. The fraction of sp³-hybridized carbons (Fsp3) is 0.364. The van der Waals surface area contributed by atoms with Gasteiger partial charge in [-0.1, -0.05) is 11.6 Å². The smallest absolute Gasteiger partial charge is 0.235 e. The van der Waals surface area contributed by atoms with Gasteiger partial charge in [0.15, 0.2) is 0 Å². The molecule has 0 heterocycles. The summed E-state index contributed by atoms with van der Waals surface area (Å²) in [5, 5.41) is 0.486. The number of anilines is 1. The number of benzene rings is 1. The minimum atomic E-state index is -1.43. The molecular formula is C11H15ClN2O2S. The maximum Gasteiger partial charge on any atom is 0.235 e. The number of carbonyl (C=O) groups excluding carboxylic acids is 1. The van der Waals surface area contributed by atoms with Crippen molar-refractivity contribution in [2.75, 3.05) is 25.1 Å². The molecule has 0 saturated carbocycles. The Labute approximate surface area is 108 Å².